The zero-order valence-electron chi connectivity index (χ0n) is 23.6. The van der Waals surface area contributed by atoms with E-state index in [9.17, 15) is 19.2 Å². The molecule has 0 aliphatic rings. The molecule has 1 rings (SSSR count). The average molecular weight is 522 g/mol. The molecule has 9 heteroatoms. The Hall–Kier alpha value is -2.94. The summed E-state index contributed by atoms with van der Waals surface area (Å²) in [5, 5.41) is 0. The van der Waals surface area contributed by atoms with Crippen LogP contribution in [0.2, 0.25) is 0 Å². The molecule has 0 aromatic heterocycles. The summed E-state index contributed by atoms with van der Waals surface area (Å²) in [7, 11) is 0. The van der Waals surface area contributed by atoms with E-state index in [4.69, 9.17) is 24.7 Å². The molecule has 1 aromatic rings. The van der Waals surface area contributed by atoms with Crippen LogP contribution in [0.4, 0.5) is 0 Å². The molecule has 0 amide bonds. The highest BCUT2D eigenvalue weighted by Gasteiger charge is 2.24. The fraction of sp³-hybridized carbons (Fsp3) is 0.643. The Morgan fingerprint density at radius 1 is 0.811 bits per heavy atom. The number of ether oxygens (including phenoxy) is 4. The molecular formula is C28H43NO8. The molecule has 0 bridgehead atoms. The molecule has 0 unspecified atom stereocenters. The number of esters is 4. The standard InChI is InChI=1S/C28H43NO8/c1-17(2)25(32)35-18(3)16-34-26(33)20(29)12-19-10-11-21(36-23(30)14-27(4,5)6)22(13-19)37-24(31)15-28(7,8)9/h10-11,13,17-18,20H,12,14-16,29H2,1-9H3/t18-,20-/m0/s1. The third-order valence-corrected chi connectivity index (χ3v) is 4.81. The Morgan fingerprint density at radius 2 is 1.32 bits per heavy atom. The van der Waals surface area contributed by atoms with Gasteiger partial charge in [-0.1, -0.05) is 61.5 Å². The van der Waals surface area contributed by atoms with Crippen molar-refractivity contribution in [3.05, 3.63) is 23.8 Å². The van der Waals surface area contributed by atoms with E-state index in [-0.39, 0.29) is 60.1 Å². The molecule has 0 aliphatic heterocycles. The second-order valence-electron chi connectivity index (χ2n) is 12.0. The van der Waals surface area contributed by atoms with Gasteiger partial charge in [-0.2, -0.15) is 0 Å². The van der Waals surface area contributed by atoms with Crippen LogP contribution in [0.25, 0.3) is 0 Å². The van der Waals surface area contributed by atoms with Gasteiger partial charge in [-0.25, -0.2) is 0 Å². The normalized spacial score (nSPS) is 13.5. The van der Waals surface area contributed by atoms with Crippen LogP contribution in [-0.4, -0.2) is 42.6 Å². The SMILES string of the molecule is CC(C)C(=O)O[C@@H](C)COC(=O)[C@@H](N)Cc1ccc(OC(=O)CC(C)(C)C)c(OC(=O)CC(C)(C)C)c1. The van der Waals surface area contributed by atoms with Crippen molar-refractivity contribution in [2.75, 3.05) is 6.61 Å². The molecule has 37 heavy (non-hydrogen) atoms. The molecule has 0 radical (unpaired) electrons. The molecular weight excluding hydrogens is 478 g/mol. The van der Waals surface area contributed by atoms with E-state index < -0.39 is 30.1 Å². The number of hydrogen-bond donors (Lipinski definition) is 1. The molecule has 0 saturated heterocycles. The maximum absolute atomic E-state index is 12.5. The summed E-state index contributed by atoms with van der Waals surface area (Å²) < 4.78 is 21.4. The first-order chi connectivity index (χ1) is 16.9. The number of rotatable bonds is 11. The second kappa shape index (κ2) is 13.6. The number of hydrogen-bond acceptors (Lipinski definition) is 9. The first kappa shape index (κ1) is 32.1. The zero-order valence-corrected chi connectivity index (χ0v) is 23.6. The third-order valence-electron chi connectivity index (χ3n) is 4.81. The molecule has 0 fully saturated rings. The quantitative estimate of drug-likeness (QED) is 0.333. The summed E-state index contributed by atoms with van der Waals surface area (Å²) >= 11 is 0. The van der Waals surface area contributed by atoms with Gasteiger partial charge < -0.3 is 24.7 Å². The van der Waals surface area contributed by atoms with Crippen molar-refractivity contribution in [1.82, 2.24) is 0 Å². The van der Waals surface area contributed by atoms with E-state index in [2.05, 4.69) is 0 Å². The summed E-state index contributed by atoms with van der Waals surface area (Å²) in [6.07, 6.45) is -0.204. The lowest BCUT2D eigenvalue weighted by Gasteiger charge is -2.20. The van der Waals surface area contributed by atoms with Gasteiger partial charge in [0.05, 0.1) is 18.8 Å². The smallest absolute Gasteiger partial charge is 0.323 e. The Kier molecular flexibility index (Phi) is 11.8. The number of nitrogens with two attached hydrogens (primary N) is 1. The first-order valence-corrected chi connectivity index (χ1v) is 12.5. The Balaban J connectivity index is 2.95. The minimum absolute atomic E-state index is 0.0730. The lowest BCUT2D eigenvalue weighted by Crippen LogP contribution is -2.36. The van der Waals surface area contributed by atoms with Gasteiger partial charge in [-0.05, 0) is 41.9 Å². The topological polar surface area (TPSA) is 131 Å². The van der Waals surface area contributed by atoms with Gasteiger partial charge in [0.1, 0.15) is 18.8 Å². The van der Waals surface area contributed by atoms with E-state index in [1.54, 1.807) is 26.8 Å². The first-order valence-electron chi connectivity index (χ1n) is 12.5. The van der Waals surface area contributed by atoms with Crippen molar-refractivity contribution in [2.45, 2.75) is 93.7 Å². The van der Waals surface area contributed by atoms with Crippen molar-refractivity contribution in [3.63, 3.8) is 0 Å². The van der Waals surface area contributed by atoms with Crippen molar-refractivity contribution < 1.29 is 38.1 Å². The lowest BCUT2D eigenvalue weighted by molar-refractivity contribution is -0.161. The number of carbonyl (C=O) groups is 4. The van der Waals surface area contributed by atoms with Gasteiger partial charge in [-0.15, -0.1) is 0 Å². The second-order valence-corrected chi connectivity index (χ2v) is 12.0. The van der Waals surface area contributed by atoms with Gasteiger partial charge in [0.25, 0.3) is 0 Å². The fourth-order valence-electron chi connectivity index (χ4n) is 3.04. The third kappa shape index (κ3) is 13.3. The molecule has 2 N–H and O–H groups in total. The average Bonchev–Trinajstić information content (AvgIpc) is 2.70. The summed E-state index contributed by atoms with van der Waals surface area (Å²) in [6, 6.07) is 3.67. The van der Waals surface area contributed by atoms with Crippen molar-refractivity contribution in [1.29, 1.82) is 0 Å². The van der Waals surface area contributed by atoms with Crippen LogP contribution in [0.15, 0.2) is 18.2 Å². The Bertz CT molecular complexity index is 956. The predicted molar refractivity (Wildman–Crippen MR) is 139 cm³/mol. The monoisotopic (exact) mass is 521 g/mol. The summed E-state index contributed by atoms with van der Waals surface area (Å²) in [5.41, 5.74) is 6.03. The van der Waals surface area contributed by atoms with Crippen LogP contribution in [-0.2, 0) is 35.1 Å². The maximum atomic E-state index is 12.5. The Morgan fingerprint density at radius 3 is 1.81 bits per heavy atom. The van der Waals surface area contributed by atoms with Crippen LogP contribution in [0, 0.1) is 16.7 Å². The highest BCUT2D eigenvalue weighted by atomic mass is 16.6. The van der Waals surface area contributed by atoms with Gasteiger partial charge >= 0.3 is 23.9 Å². The molecule has 9 nitrogen and oxygen atoms in total. The van der Waals surface area contributed by atoms with Gasteiger partial charge in [0, 0.05) is 0 Å². The summed E-state index contributed by atoms with van der Waals surface area (Å²) in [6.45, 7) is 16.4. The lowest BCUT2D eigenvalue weighted by atomic mass is 9.92. The number of carbonyl (C=O) groups excluding carboxylic acids is 4. The van der Waals surface area contributed by atoms with E-state index in [0.29, 0.717) is 5.56 Å². The predicted octanol–water partition coefficient (Wildman–Crippen LogP) is 4.37. The van der Waals surface area contributed by atoms with Gasteiger partial charge in [0.2, 0.25) is 0 Å². The van der Waals surface area contributed by atoms with Crippen molar-refractivity contribution >= 4 is 23.9 Å². The largest absolute Gasteiger partial charge is 0.461 e. The molecule has 208 valence electrons. The Labute approximate surface area is 220 Å². The van der Waals surface area contributed by atoms with Crippen LogP contribution >= 0.6 is 0 Å². The minimum Gasteiger partial charge on any atom is -0.461 e. The molecule has 2 atom stereocenters. The summed E-state index contributed by atoms with van der Waals surface area (Å²) in [5.74, 6) is -2.10. The number of benzene rings is 1. The molecule has 0 heterocycles. The molecule has 0 aliphatic carbocycles. The molecule has 1 aromatic carbocycles. The van der Waals surface area contributed by atoms with Crippen LogP contribution in [0.1, 0.15) is 80.7 Å². The van der Waals surface area contributed by atoms with Crippen LogP contribution < -0.4 is 15.2 Å². The van der Waals surface area contributed by atoms with Crippen LogP contribution in [0.3, 0.4) is 0 Å². The van der Waals surface area contributed by atoms with Crippen molar-refractivity contribution in [2.24, 2.45) is 22.5 Å². The summed E-state index contributed by atoms with van der Waals surface area (Å²) in [4.78, 5) is 49.0. The molecule has 0 spiro atoms. The fourth-order valence-corrected chi connectivity index (χ4v) is 3.04. The zero-order chi connectivity index (χ0) is 28.6. The minimum atomic E-state index is -1.01. The van der Waals surface area contributed by atoms with Crippen LogP contribution in [0.5, 0.6) is 11.5 Å². The van der Waals surface area contributed by atoms with E-state index >= 15 is 0 Å². The maximum Gasteiger partial charge on any atom is 0.323 e. The van der Waals surface area contributed by atoms with E-state index in [1.807, 2.05) is 41.5 Å². The van der Waals surface area contributed by atoms with E-state index in [1.165, 1.54) is 12.1 Å². The van der Waals surface area contributed by atoms with E-state index in [0.717, 1.165) is 0 Å². The highest BCUT2D eigenvalue weighted by Crippen LogP contribution is 2.32. The van der Waals surface area contributed by atoms with Crippen molar-refractivity contribution in [3.8, 4) is 11.5 Å². The van der Waals surface area contributed by atoms with Gasteiger partial charge in [-0.3, -0.25) is 19.2 Å². The van der Waals surface area contributed by atoms with Gasteiger partial charge in [0.15, 0.2) is 11.5 Å². The molecule has 0 saturated carbocycles. The highest BCUT2D eigenvalue weighted by molar-refractivity contribution is 5.78.